The molecule has 0 spiro atoms. The van der Waals surface area contributed by atoms with Crippen LogP contribution in [0.15, 0.2) is 35.3 Å². The molecular weight excluding hydrogens is 372 g/mol. The van der Waals surface area contributed by atoms with Crippen LogP contribution in [-0.4, -0.2) is 105 Å². The molecular formula is C24H42N6. The molecule has 6 nitrogen and oxygen atoms in total. The molecule has 1 aromatic rings. The van der Waals surface area contributed by atoms with E-state index in [0.717, 1.165) is 45.1 Å². The molecule has 6 heteroatoms. The molecule has 2 aliphatic heterocycles. The number of guanidine groups is 1. The number of unbranched alkanes of at least 4 members (excludes halogenated alkanes) is 1. The first-order valence-electron chi connectivity index (χ1n) is 11.9. The summed E-state index contributed by atoms with van der Waals surface area (Å²) in [7, 11) is 4.13. The van der Waals surface area contributed by atoms with Crippen LogP contribution < -0.4 is 5.32 Å². The number of nitrogens with one attached hydrogen (secondary N) is 1. The molecule has 0 aliphatic carbocycles. The lowest BCUT2D eigenvalue weighted by Crippen LogP contribution is -2.53. The van der Waals surface area contributed by atoms with Crippen LogP contribution in [0.1, 0.15) is 37.8 Å². The van der Waals surface area contributed by atoms with E-state index in [-0.39, 0.29) is 0 Å². The Morgan fingerprint density at radius 3 is 2.30 bits per heavy atom. The predicted molar refractivity (Wildman–Crippen MR) is 127 cm³/mol. The maximum Gasteiger partial charge on any atom is 0.193 e. The van der Waals surface area contributed by atoms with Crippen molar-refractivity contribution in [3.05, 3.63) is 35.9 Å². The zero-order chi connectivity index (χ0) is 21.2. The number of hydrogen-bond acceptors (Lipinski definition) is 4. The van der Waals surface area contributed by atoms with E-state index >= 15 is 0 Å². The van der Waals surface area contributed by atoms with E-state index in [0.29, 0.717) is 6.04 Å². The molecule has 2 saturated heterocycles. The number of piperazine rings is 2. The van der Waals surface area contributed by atoms with Crippen LogP contribution in [0.4, 0.5) is 0 Å². The van der Waals surface area contributed by atoms with Crippen molar-refractivity contribution in [2.75, 3.05) is 79.5 Å². The minimum Gasteiger partial charge on any atom is -0.356 e. The SMILES string of the molecule is CCC(c1ccccc1)N1CCN(C(=NC)NCCCCN2CCN(C)CC2)CC1. The van der Waals surface area contributed by atoms with Gasteiger partial charge in [-0.05, 0) is 38.4 Å². The van der Waals surface area contributed by atoms with Crippen LogP contribution in [-0.2, 0) is 0 Å². The van der Waals surface area contributed by atoms with Gasteiger partial charge in [-0.1, -0.05) is 37.3 Å². The van der Waals surface area contributed by atoms with E-state index in [1.165, 1.54) is 51.1 Å². The summed E-state index contributed by atoms with van der Waals surface area (Å²) in [5, 5.41) is 3.60. The molecule has 3 rings (SSSR count). The average molecular weight is 415 g/mol. The fourth-order valence-electron chi connectivity index (χ4n) is 4.69. The van der Waals surface area contributed by atoms with Gasteiger partial charge in [0.1, 0.15) is 0 Å². The highest BCUT2D eigenvalue weighted by atomic mass is 15.3. The molecule has 0 radical (unpaired) electrons. The standard InChI is InChI=1S/C24H42N6/c1-4-23(22-10-6-5-7-11-22)29-18-20-30(21-19-29)24(25-2)26-12-8-9-13-28-16-14-27(3)15-17-28/h5-7,10-11,23H,4,8-9,12-21H2,1-3H3,(H,25,26). The summed E-state index contributed by atoms with van der Waals surface area (Å²) in [5.41, 5.74) is 1.44. The Morgan fingerprint density at radius 1 is 0.967 bits per heavy atom. The van der Waals surface area contributed by atoms with Gasteiger partial charge < -0.3 is 20.0 Å². The molecule has 1 unspecified atom stereocenters. The normalized spacial score (nSPS) is 21.0. The third-order valence-corrected chi connectivity index (χ3v) is 6.62. The van der Waals surface area contributed by atoms with Gasteiger partial charge in [-0.2, -0.15) is 0 Å². The van der Waals surface area contributed by atoms with Crippen LogP contribution in [0.2, 0.25) is 0 Å². The Kier molecular flexibility index (Phi) is 9.43. The summed E-state index contributed by atoms with van der Waals surface area (Å²) in [4.78, 5) is 14.6. The van der Waals surface area contributed by atoms with E-state index in [1.807, 2.05) is 7.05 Å². The quantitative estimate of drug-likeness (QED) is 0.402. The summed E-state index contributed by atoms with van der Waals surface area (Å²) in [5.74, 6) is 1.07. The van der Waals surface area contributed by atoms with Crippen molar-refractivity contribution in [2.45, 2.75) is 32.2 Å². The zero-order valence-corrected chi connectivity index (χ0v) is 19.4. The second-order valence-corrected chi connectivity index (χ2v) is 8.68. The number of likely N-dealkylation sites (N-methyl/N-ethyl adjacent to an activating group) is 1. The highest BCUT2D eigenvalue weighted by Crippen LogP contribution is 2.25. The van der Waals surface area contributed by atoms with Gasteiger partial charge in [0.05, 0.1) is 0 Å². The van der Waals surface area contributed by atoms with Gasteiger partial charge in [0.15, 0.2) is 5.96 Å². The van der Waals surface area contributed by atoms with Crippen molar-refractivity contribution in [1.82, 2.24) is 24.9 Å². The van der Waals surface area contributed by atoms with Gasteiger partial charge in [0.25, 0.3) is 0 Å². The van der Waals surface area contributed by atoms with Gasteiger partial charge in [-0.25, -0.2) is 0 Å². The number of hydrogen-bond donors (Lipinski definition) is 1. The Bertz CT molecular complexity index is 618. The van der Waals surface area contributed by atoms with Gasteiger partial charge in [0, 0.05) is 72.0 Å². The summed E-state index contributed by atoms with van der Waals surface area (Å²) in [6.07, 6.45) is 3.62. The van der Waals surface area contributed by atoms with E-state index in [2.05, 4.69) is 74.2 Å². The maximum atomic E-state index is 4.55. The fraction of sp³-hybridized carbons (Fsp3) is 0.708. The monoisotopic (exact) mass is 414 g/mol. The molecule has 1 atom stereocenters. The smallest absolute Gasteiger partial charge is 0.193 e. The van der Waals surface area contributed by atoms with Crippen molar-refractivity contribution >= 4 is 5.96 Å². The summed E-state index contributed by atoms with van der Waals surface area (Å²) in [6.45, 7) is 13.7. The lowest BCUT2D eigenvalue weighted by atomic mass is 10.0. The van der Waals surface area contributed by atoms with Gasteiger partial charge in [0.2, 0.25) is 0 Å². The van der Waals surface area contributed by atoms with Gasteiger partial charge in [-0.15, -0.1) is 0 Å². The van der Waals surface area contributed by atoms with Crippen LogP contribution in [0, 0.1) is 0 Å². The van der Waals surface area contributed by atoms with Crippen molar-refractivity contribution in [3.63, 3.8) is 0 Å². The average Bonchev–Trinajstić information content (AvgIpc) is 2.79. The molecule has 0 amide bonds. The van der Waals surface area contributed by atoms with E-state index in [4.69, 9.17) is 0 Å². The summed E-state index contributed by atoms with van der Waals surface area (Å²) < 4.78 is 0. The van der Waals surface area contributed by atoms with E-state index in [1.54, 1.807) is 0 Å². The molecule has 1 aromatic carbocycles. The molecule has 2 fully saturated rings. The highest BCUT2D eigenvalue weighted by Gasteiger charge is 2.25. The second-order valence-electron chi connectivity index (χ2n) is 8.68. The van der Waals surface area contributed by atoms with Gasteiger partial charge in [-0.3, -0.25) is 9.89 Å². The number of aliphatic imine (C=N–C) groups is 1. The topological polar surface area (TPSA) is 37.4 Å². The van der Waals surface area contributed by atoms with Crippen molar-refractivity contribution in [3.8, 4) is 0 Å². The lowest BCUT2D eigenvalue weighted by molar-refractivity contribution is 0.127. The van der Waals surface area contributed by atoms with E-state index in [9.17, 15) is 0 Å². The predicted octanol–water partition coefficient (Wildman–Crippen LogP) is 2.36. The largest absolute Gasteiger partial charge is 0.356 e. The minimum absolute atomic E-state index is 0.526. The van der Waals surface area contributed by atoms with Crippen molar-refractivity contribution < 1.29 is 0 Å². The highest BCUT2D eigenvalue weighted by molar-refractivity contribution is 5.79. The molecule has 2 heterocycles. The minimum atomic E-state index is 0.526. The molecule has 0 bridgehead atoms. The Balaban J connectivity index is 1.35. The number of rotatable bonds is 8. The molecule has 1 N–H and O–H groups in total. The first-order valence-corrected chi connectivity index (χ1v) is 11.9. The Labute approximate surface area is 183 Å². The van der Waals surface area contributed by atoms with Crippen molar-refractivity contribution in [2.24, 2.45) is 4.99 Å². The Hall–Kier alpha value is -1.63. The number of benzene rings is 1. The molecule has 168 valence electrons. The zero-order valence-electron chi connectivity index (χ0n) is 19.4. The lowest BCUT2D eigenvalue weighted by Gasteiger charge is -2.40. The van der Waals surface area contributed by atoms with E-state index < -0.39 is 0 Å². The molecule has 30 heavy (non-hydrogen) atoms. The van der Waals surface area contributed by atoms with Gasteiger partial charge >= 0.3 is 0 Å². The first-order chi connectivity index (χ1) is 14.7. The van der Waals surface area contributed by atoms with Crippen LogP contribution >= 0.6 is 0 Å². The third-order valence-electron chi connectivity index (χ3n) is 6.62. The molecule has 0 saturated carbocycles. The summed E-state index contributed by atoms with van der Waals surface area (Å²) >= 11 is 0. The number of nitrogens with zero attached hydrogens (tertiary/aromatic N) is 5. The second kappa shape index (κ2) is 12.3. The molecule has 0 aromatic heterocycles. The Morgan fingerprint density at radius 2 is 1.67 bits per heavy atom. The summed E-state index contributed by atoms with van der Waals surface area (Å²) in [6, 6.07) is 11.5. The van der Waals surface area contributed by atoms with Crippen molar-refractivity contribution in [1.29, 1.82) is 0 Å². The van der Waals surface area contributed by atoms with Crippen LogP contribution in [0.25, 0.3) is 0 Å². The maximum absolute atomic E-state index is 4.55. The first kappa shape index (κ1) is 23.0. The van der Waals surface area contributed by atoms with Crippen LogP contribution in [0.3, 0.4) is 0 Å². The molecule has 2 aliphatic rings. The third kappa shape index (κ3) is 6.69. The van der Waals surface area contributed by atoms with Crippen LogP contribution in [0.5, 0.6) is 0 Å². The fourth-order valence-corrected chi connectivity index (χ4v) is 4.69.